The molecule has 0 fully saturated rings. The minimum atomic E-state index is -0.407. The van der Waals surface area contributed by atoms with E-state index in [4.69, 9.17) is 22.1 Å². The quantitative estimate of drug-likeness (QED) is 0.428. The van der Waals surface area contributed by atoms with Crippen LogP contribution in [-0.4, -0.2) is 33.7 Å². The summed E-state index contributed by atoms with van der Waals surface area (Å²) in [4.78, 5) is 13.6. The minimum Gasteiger partial charge on any atom is -0.313 e. The third-order valence-electron chi connectivity index (χ3n) is 4.37. The molecule has 0 aliphatic heterocycles. The van der Waals surface area contributed by atoms with E-state index in [1.165, 1.54) is 11.0 Å². The maximum Gasteiger partial charge on any atom is 0.248 e. The van der Waals surface area contributed by atoms with Crippen molar-refractivity contribution < 1.29 is 4.79 Å². The fourth-order valence-electron chi connectivity index (χ4n) is 2.91. The summed E-state index contributed by atoms with van der Waals surface area (Å²) in [7, 11) is 0. The first kappa shape index (κ1) is 20.9. The number of nitriles is 2. The number of rotatable bonds is 7. The lowest BCUT2D eigenvalue weighted by Crippen LogP contribution is -2.30. The van der Waals surface area contributed by atoms with E-state index in [1.54, 1.807) is 10.8 Å². The molecule has 0 radical (unpaired) electrons. The summed E-state index contributed by atoms with van der Waals surface area (Å²) < 4.78 is 1.77. The predicted octanol–water partition coefficient (Wildman–Crippen LogP) is 4.14. The summed E-state index contributed by atoms with van der Waals surface area (Å²) in [5.74, 6) is -0.407. The van der Waals surface area contributed by atoms with Crippen LogP contribution in [0.15, 0.2) is 66.9 Å². The minimum absolute atomic E-state index is 0.145. The van der Waals surface area contributed by atoms with Crippen LogP contribution < -0.4 is 0 Å². The Morgan fingerprint density at radius 1 is 1.07 bits per heavy atom. The molecule has 0 spiro atoms. The van der Waals surface area contributed by atoms with Crippen LogP contribution in [0.3, 0.4) is 0 Å². The number of carbonyl (C=O) groups excluding carboxylic acids is 1. The molecule has 7 heteroatoms. The number of nitrogens with zero attached hydrogens (tertiary/aromatic N) is 5. The molecule has 3 rings (SSSR count). The van der Waals surface area contributed by atoms with E-state index in [1.807, 2.05) is 72.9 Å². The van der Waals surface area contributed by atoms with Crippen LogP contribution in [-0.2, 0) is 11.3 Å². The molecule has 1 heterocycles. The van der Waals surface area contributed by atoms with Crippen molar-refractivity contribution in [2.45, 2.75) is 6.54 Å². The van der Waals surface area contributed by atoms with Crippen LogP contribution in [0.5, 0.6) is 0 Å². The van der Waals surface area contributed by atoms with Gasteiger partial charge >= 0.3 is 0 Å². The standard InChI is InChI=1S/C23H18ClN5O/c24-21-9-5-4-8-19(21)16-29-17-20(23(27-29)18-6-2-1-3-7-18)10-11-22(30)28(14-12-25)15-13-26/h1-11,17H,14-16H2. The Bertz CT molecular complexity index is 1120. The van der Waals surface area contributed by atoms with Crippen LogP contribution in [0.1, 0.15) is 11.1 Å². The molecule has 1 aromatic heterocycles. The smallest absolute Gasteiger partial charge is 0.248 e. The molecule has 3 aromatic rings. The normalized spacial score (nSPS) is 10.5. The Morgan fingerprint density at radius 3 is 2.40 bits per heavy atom. The average molecular weight is 416 g/mol. The Morgan fingerprint density at radius 2 is 1.73 bits per heavy atom. The van der Waals surface area contributed by atoms with Gasteiger partial charge in [0, 0.05) is 28.4 Å². The molecule has 0 aliphatic rings. The van der Waals surface area contributed by atoms with Gasteiger partial charge in [-0.25, -0.2) is 0 Å². The number of hydrogen-bond donors (Lipinski definition) is 0. The SMILES string of the molecule is N#CCN(CC#N)C(=O)C=Cc1cn(Cc2ccccc2Cl)nc1-c1ccccc1. The van der Waals surface area contributed by atoms with Crippen molar-refractivity contribution in [3.8, 4) is 23.4 Å². The van der Waals surface area contributed by atoms with Crippen molar-refractivity contribution in [1.29, 1.82) is 10.5 Å². The lowest BCUT2D eigenvalue weighted by Gasteiger charge is -2.12. The van der Waals surface area contributed by atoms with Crippen LogP contribution in [0.4, 0.5) is 0 Å². The number of amides is 1. The molecule has 0 atom stereocenters. The van der Waals surface area contributed by atoms with E-state index >= 15 is 0 Å². The van der Waals surface area contributed by atoms with Crippen LogP contribution >= 0.6 is 11.6 Å². The van der Waals surface area contributed by atoms with Gasteiger partial charge in [-0.15, -0.1) is 0 Å². The number of aromatic nitrogens is 2. The van der Waals surface area contributed by atoms with Crippen molar-refractivity contribution in [1.82, 2.24) is 14.7 Å². The molecule has 30 heavy (non-hydrogen) atoms. The lowest BCUT2D eigenvalue weighted by atomic mass is 10.1. The fourth-order valence-corrected chi connectivity index (χ4v) is 3.11. The highest BCUT2D eigenvalue weighted by Crippen LogP contribution is 2.24. The van der Waals surface area contributed by atoms with Crippen molar-refractivity contribution >= 4 is 23.6 Å². The largest absolute Gasteiger partial charge is 0.313 e. The van der Waals surface area contributed by atoms with E-state index in [9.17, 15) is 4.79 Å². The monoisotopic (exact) mass is 415 g/mol. The maximum absolute atomic E-state index is 12.4. The van der Waals surface area contributed by atoms with Gasteiger partial charge in [0.25, 0.3) is 0 Å². The Kier molecular flexibility index (Phi) is 7.00. The average Bonchev–Trinajstić information content (AvgIpc) is 3.17. The molecule has 1 amide bonds. The second-order valence-corrected chi connectivity index (χ2v) is 6.84. The molecule has 6 nitrogen and oxygen atoms in total. The Labute approximate surface area is 179 Å². The summed E-state index contributed by atoms with van der Waals surface area (Å²) in [6, 6.07) is 21.0. The highest BCUT2D eigenvalue weighted by Gasteiger charge is 2.13. The predicted molar refractivity (Wildman–Crippen MR) is 115 cm³/mol. The van der Waals surface area contributed by atoms with Gasteiger partial charge < -0.3 is 4.90 Å². The highest BCUT2D eigenvalue weighted by molar-refractivity contribution is 6.31. The third-order valence-corrected chi connectivity index (χ3v) is 4.74. The van der Waals surface area contributed by atoms with Gasteiger partial charge in [-0.1, -0.05) is 60.1 Å². The van der Waals surface area contributed by atoms with E-state index < -0.39 is 5.91 Å². The first-order valence-electron chi connectivity index (χ1n) is 9.19. The van der Waals surface area contributed by atoms with Crippen LogP contribution in [0.25, 0.3) is 17.3 Å². The number of halogens is 1. The fraction of sp³-hybridized carbons (Fsp3) is 0.130. The summed E-state index contributed by atoms with van der Waals surface area (Å²) in [6.45, 7) is 0.193. The van der Waals surface area contributed by atoms with Gasteiger partial charge in [-0.2, -0.15) is 15.6 Å². The summed E-state index contributed by atoms with van der Waals surface area (Å²) in [6.07, 6.45) is 4.86. The maximum atomic E-state index is 12.4. The molecule has 0 saturated carbocycles. The second-order valence-electron chi connectivity index (χ2n) is 6.43. The molecule has 0 saturated heterocycles. The molecule has 2 aromatic carbocycles. The van der Waals surface area contributed by atoms with Gasteiger partial charge in [0.2, 0.25) is 5.91 Å². The van der Waals surface area contributed by atoms with E-state index in [-0.39, 0.29) is 13.1 Å². The van der Waals surface area contributed by atoms with Gasteiger partial charge in [-0.3, -0.25) is 9.48 Å². The van der Waals surface area contributed by atoms with Crippen LogP contribution in [0, 0.1) is 22.7 Å². The van der Waals surface area contributed by atoms with Crippen LogP contribution in [0.2, 0.25) is 5.02 Å². The number of carbonyl (C=O) groups is 1. The number of hydrogen-bond acceptors (Lipinski definition) is 4. The van der Waals surface area contributed by atoms with Crippen molar-refractivity contribution in [3.63, 3.8) is 0 Å². The Hall–Kier alpha value is -3.87. The molecule has 148 valence electrons. The van der Waals surface area contributed by atoms with Gasteiger partial charge in [0.15, 0.2) is 0 Å². The van der Waals surface area contributed by atoms with Gasteiger partial charge in [0.1, 0.15) is 13.1 Å². The molecular formula is C23H18ClN5O. The first-order chi connectivity index (χ1) is 14.6. The molecule has 0 bridgehead atoms. The molecule has 0 unspecified atom stereocenters. The topological polar surface area (TPSA) is 85.7 Å². The molecular weight excluding hydrogens is 398 g/mol. The first-order valence-corrected chi connectivity index (χ1v) is 9.57. The zero-order valence-corrected chi connectivity index (χ0v) is 16.8. The number of benzene rings is 2. The molecule has 0 aliphatic carbocycles. The zero-order valence-electron chi connectivity index (χ0n) is 16.1. The van der Waals surface area contributed by atoms with E-state index in [0.29, 0.717) is 11.6 Å². The molecule has 0 N–H and O–H groups in total. The van der Waals surface area contributed by atoms with Gasteiger partial charge in [0.05, 0.1) is 24.4 Å². The summed E-state index contributed by atoms with van der Waals surface area (Å²) >= 11 is 6.28. The zero-order chi connectivity index (χ0) is 21.3. The summed E-state index contributed by atoms with van der Waals surface area (Å²) in [5, 5.41) is 23.1. The van der Waals surface area contributed by atoms with E-state index in [2.05, 4.69) is 5.10 Å². The highest BCUT2D eigenvalue weighted by atomic mass is 35.5. The third kappa shape index (κ3) is 5.14. The van der Waals surface area contributed by atoms with Crippen molar-refractivity contribution in [3.05, 3.63) is 83.0 Å². The Balaban J connectivity index is 1.93. The van der Waals surface area contributed by atoms with Crippen molar-refractivity contribution in [2.75, 3.05) is 13.1 Å². The van der Waals surface area contributed by atoms with Crippen molar-refractivity contribution in [2.24, 2.45) is 0 Å². The van der Waals surface area contributed by atoms with Gasteiger partial charge in [-0.05, 0) is 17.7 Å². The lowest BCUT2D eigenvalue weighted by molar-refractivity contribution is -0.124. The van der Waals surface area contributed by atoms with E-state index in [0.717, 1.165) is 22.4 Å². The summed E-state index contributed by atoms with van der Waals surface area (Å²) in [5.41, 5.74) is 3.31. The second kappa shape index (κ2) is 10.1.